The Bertz CT molecular complexity index is 672. The van der Waals surface area contributed by atoms with Crippen molar-refractivity contribution in [3.8, 4) is 0 Å². The lowest BCUT2D eigenvalue weighted by Crippen LogP contribution is -2.15. The Labute approximate surface area is 122 Å². The number of nitrogens with two attached hydrogens (primary N) is 1. The van der Waals surface area contributed by atoms with Crippen molar-refractivity contribution < 1.29 is 13.2 Å². The summed E-state index contributed by atoms with van der Waals surface area (Å²) in [6.45, 7) is 0. The average Bonchev–Trinajstić information content (AvgIpc) is 2.44. The quantitative estimate of drug-likeness (QED) is 0.672. The number of halogens is 3. The van der Waals surface area contributed by atoms with E-state index in [1.165, 1.54) is 30.1 Å². The van der Waals surface area contributed by atoms with Crippen LogP contribution in [0.2, 0.25) is 0 Å². The molecule has 2 rings (SSSR count). The second kappa shape index (κ2) is 6.31. The maximum atomic E-state index is 12.6. The van der Waals surface area contributed by atoms with Crippen molar-refractivity contribution in [3.63, 3.8) is 0 Å². The van der Waals surface area contributed by atoms with E-state index >= 15 is 0 Å². The first-order valence-electron chi connectivity index (χ1n) is 5.97. The average molecular weight is 315 g/mol. The molecular weight excluding hydrogens is 303 g/mol. The van der Waals surface area contributed by atoms with Crippen LogP contribution in [0.5, 0.6) is 0 Å². The van der Waals surface area contributed by atoms with Crippen LogP contribution in [-0.4, -0.2) is 15.7 Å². The van der Waals surface area contributed by atoms with Gasteiger partial charge in [-0.2, -0.15) is 13.2 Å². The molecular formula is C13H12F3N3OS. The Balaban J connectivity index is 2.07. The van der Waals surface area contributed by atoms with Crippen molar-refractivity contribution in [2.45, 2.75) is 17.4 Å². The van der Waals surface area contributed by atoms with E-state index in [9.17, 15) is 18.0 Å². The maximum absolute atomic E-state index is 12.6. The van der Waals surface area contributed by atoms with Crippen LogP contribution in [0.4, 0.5) is 13.2 Å². The molecule has 1 atom stereocenters. The number of nitrogens with one attached hydrogen (secondary N) is 1. The van der Waals surface area contributed by atoms with Gasteiger partial charge in [-0.15, -0.1) is 0 Å². The van der Waals surface area contributed by atoms with Crippen LogP contribution in [0.25, 0.3) is 0 Å². The van der Waals surface area contributed by atoms with Crippen molar-refractivity contribution >= 4 is 11.8 Å². The summed E-state index contributed by atoms with van der Waals surface area (Å²) in [6, 6.07) is 5.58. The highest BCUT2D eigenvalue weighted by atomic mass is 32.2. The topological polar surface area (TPSA) is 71.8 Å². The van der Waals surface area contributed by atoms with Crippen molar-refractivity contribution in [1.82, 2.24) is 9.97 Å². The second-order valence-corrected chi connectivity index (χ2v) is 5.29. The molecule has 3 N–H and O–H groups in total. The maximum Gasteiger partial charge on any atom is 0.416 e. The lowest BCUT2D eigenvalue weighted by Gasteiger charge is -2.14. The fourth-order valence-corrected chi connectivity index (χ4v) is 2.47. The van der Waals surface area contributed by atoms with E-state index in [2.05, 4.69) is 9.97 Å². The fraction of sp³-hybridized carbons (Fsp3) is 0.231. The zero-order valence-corrected chi connectivity index (χ0v) is 11.5. The number of thioether (sulfide) groups is 1. The number of hydrogen-bond donors (Lipinski definition) is 2. The molecule has 0 aliphatic heterocycles. The summed E-state index contributed by atoms with van der Waals surface area (Å²) in [5.74, 6) is 0.300. The van der Waals surface area contributed by atoms with Gasteiger partial charge in [-0.05, 0) is 17.7 Å². The number of aromatic nitrogens is 2. The van der Waals surface area contributed by atoms with Gasteiger partial charge in [0.2, 0.25) is 0 Å². The summed E-state index contributed by atoms with van der Waals surface area (Å²) in [6.07, 6.45) is -3.04. The van der Waals surface area contributed by atoms with Crippen LogP contribution >= 0.6 is 11.8 Å². The summed E-state index contributed by atoms with van der Waals surface area (Å²) >= 11 is 1.18. The van der Waals surface area contributed by atoms with Crippen LogP contribution in [0.3, 0.4) is 0 Å². The molecule has 0 fully saturated rings. The highest BCUT2D eigenvalue weighted by Crippen LogP contribution is 2.31. The number of H-pyrrole nitrogens is 1. The third-order valence-electron chi connectivity index (χ3n) is 2.69. The second-order valence-electron chi connectivity index (χ2n) is 4.28. The van der Waals surface area contributed by atoms with Crippen LogP contribution in [0.1, 0.15) is 17.2 Å². The molecule has 1 heterocycles. The van der Waals surface area contributed by atoms with Gasteiger partial charge in [0.1, 0.15) is 0 Å². The minimum atomic E-state index is -4.39. The Kier molecular flexibility index (Phi) is 4.69. The first kappa shape index (κ1) is 15.6. The lowest BCUT2D eigenvalue weighted by molar-refractivity contribution is -0.137. The molecule has 21 heavy (non-hydrogen) atoms. The van der Waals surface area contributed by atoms with E-state index in [-0.39, 0.29) is 5.56 Å². The molecule has 1 unspecified atom stereocenters. The van der Waals surface area contributed by atoms with Gasteiger partial charge in [0.25, 0.3) is 5.56 Å². The van der Waals surface area contributed by atoms with Gasteiger partial charge in [-0.3, -0.25) is 4.79 Å². The molecule has 8 heteroatoms. The van der Waals surface area contributed by atoms with Crippen molar-refractivity contribution in [3.05, 3.63) is 58.0 Å². The molecule has 1 aromatic heterocycles. The smallest absolute Gasteiger partial charge is 0.323 e. The first-order valence-corrected chi connectivity index (χ1v) is 6.95. The minimum absolute atomic E-state index is 0.292. The molecule has 0 bridgehead atoms. The zero-order valence-electron chi connectivity index (χ0n) is 10.7. The Morgan fingerprint density at radius 2 is 2.10 bits per heavy atom. The molecule has 112 valence electrons. The highest BCUT2D eigenvalue weighted by Gasteiger charge is 2.30. The standard InChI is InChI=1S/C13H12F3N3OS/c14-13(15,16)9-3-1-2-8(6-9)10(17)7-21-12-18-5-4-11(20)19-12/h1-6,10H,7,17H2,(H,18,19,20). The van der Waals surface area contributed by atoms with Gasteiger partial charge in [-0.25, -0.2) is 4.98 Å². The van der Waals surface area contributed by atoms with E-state index in [1.807, 2.05) is 0 Å². The summed E-state index contributed by atoms with van der Waals surface area (Å²) in [5.41, 5.74) is 5.25. The van der Waals surface area contributed by atoms with Crippen LogP contribution in [-0.2, 0) is 6.18 Å². The minimum Gasteiger partial charge on any atom is -0.323 e. The van der Waals surface area contributed by atoms with Gasteiger partial charge < -0.3 is 10.7 Å². The fourth-order valence-electron chi connectivity index (χ4n) is 1.64. The lowest BCUT2D eigenvalue weighted by atomic mass is 10.1. The number of nitrogens with zero attached hydrogens (tertiary/aromatic N) is 1. The van der Waals surface area contributed by atoms with E-state index in [0.29, 0.717) is 16.5 Å². The summed E-state index contributed by atoms with van der Waals surface area (Å²) in [4.78, 5) is 17.5. The Hall–Kier alpha value is -1.80. The number of benzene rings is 1. The number of alkyl halides is 3. The zero-order chi connectivity index (χ0) is 15.5. The molecule has 0 aliphatic carbocycles. The van der Waals surface area contributed by atoms with E-state index in [4.69, 9.17) is 5.73 Å². The number of aromatic amines is 1. The van der Waals surface area contributed by atoms with Crippen molar-refractivity contribution in [2.75, 3.05) is 5.75 Å². The molecule has 0 amide bonds. The molecule has 0 saturated heterocycles. The molecule has 0 saturated carbocycles. The van der Waals surface area contributed by atoms with E-state index in [1.54, 1.807) is 6.07 Å². The monoisotopic (exact) mass is 315 g/mol. The van der Waals surface area contributed by atoms with Gasteiger partial charge in [-0.1, -0.05) is 23.9 Å². The van der Waals surface area contributed by atoms with Crippen LogP contribution < -0.4 is 11.3 Å². The van der Waals surface area contributed by atoms with E-state index < -0.39 is 17.8 Å². The third-order valence-corrected chi connectivity index (χ3v) is 3.70. The van der Waals surface area contributed by atoms with Gasteiger partial charge in [0.05, 0.1) is 5.56 Å². The van der Waals surface area contributed by atoms with Gasteiger partial charge in [0, 0.05) is 24.1 Å². The molecule has 0 radical (unpaired) electrons. The Morgan fingerprint density at radius 1 is 1.33 bits per heavy atom. The predicted octanol–water partition coefficient (Wildman–Crippen LogP) is 2.58. The normalized spacial score (nSPS) is 13.1. The molecule has 2 aromatic rings. The molecule has 1 aromatic carbocycles. The number of hydrogen-bond acceptors (Lipinski definition) is 4. The van der Waals surface area contributed by atoms with Gasteiger partial charge in [0.15, 0.2) is 5.16 Å². The number of rotatable bonds is 4. The van der Waals surface area contributed by atoms with Crippen LogP contribution in [0.15, 0.2) is 46.5 Å². The third kappa shape index (κ3) is 4.33. The molecule has 4 nitrogen and oxygen atoms in total. The summed E-state index contributed by atoms with van der Waals surface area (Å²) in [5, 5.41) is 0.380. The van der Waals surface area contributed by atoms with Gasteiger partial charge >= 0.3 is 6.18 Å². The summed E-state index contributed by atoms with van der Waals surface area (Å²) < 4.78 is 37.9. The van der Waals surface area contributed by atoms with Crippen LogP contribution in [0, 0.1) is 0 Å². The predicted molar refractivity (Wildman–Crippen MR) is 74.0 cm³/mol. The Morgan fingerprint density at radius 3 is 2.76 bits per heavy atom. The largest absolute Gasteiger partial charge is 0.416 e. The van der Waals surface area contributed by atoms with E-state index in [0.717, 1.165) is 12.1 Å². The van der Waals surface area contributed by atoms with Crippen molar-refractivity contribution in [1.29, 1.82) is 0 Å². The summed E-state index contributed by atoms with van der Waals surface area (Å²) in [7, 11) is 0. The molecule has 0 aliphatic rings. The SMILES string of the molecule is NC(CSc1nccc(=O)[nH]1)c1cccc(C(F)(F)F)c1. The van der Waals surface area contributed by atoms with Crippen molar-refractivity contribution in [2.24, 2.45) is 5.73 Å². The first-order chi connectivity index (χ1) is 9.86. The highest BCUT2D eigenvalue weighted by molar-refractivity contribution is 7.99. The molecule has 0 spiro atoms.